The fourth-order valence-corrected chi connectivity index (χ4v) is 3.24. The van der Waals surface area contributed by atoms with E-state index in [0.717, 1.165) is 37.0 Å². The van der Waals surface area contributed by atoms with Gasteiger partial charge in [0.1, 0.15) is 23.8 Å². The molecular formula is C20H35NO6. The van der Waals surface area contributed by atoms with Crippen LogP contribution in [0.25, 0.3) is 0 Å². The highest BCUT2D eigenvalue weighted by molar-refractivity contribution is 5.84. The highest BCUT2D eigenvalue weighted by Crippen LogP contribution is 2.29. The molecule has 0 bridgehead atoms. The van der Waals surface area contributed by atoms with Gasteiger partial charge in [0.05, 0.1) is 0 Å². The normalized spacial score (nSPS) is 17.1. The van der Waals surface area contributed by atoms with Crippen molar-refractivity contribution in [2.75, 3.05) is 6.54 Å². The van der Waals surface area contributed by atoms with Gasteiger partial charge in [0, 0.05) is 0 Å². The van der Waals surface area contributed by atoms with Crippen molar-refractivity contribution in [2.45, 2.75) is 97.3 Å². The standard InChI is InChI=1S/C20H35NO6/c1-19(2,3)26-16(22)13-21(18(25)27-20(4,5)6)15(17(23)24)12-14-10-8-7-9-11-14/h14-15H,7-13H2,1-6H3,(H,23,24)/t15-/m1/s1. The van der Waals surface area contributed by atoms with E-state index in [2.05, 4.69) is 0 Å². The molecule has 0 aromatic heterocycles. The van der Waals surface area contributed by atoms with Crippen LogP contribution in [0.15, 0.2) is 0 Å². The minimum atomic E-state index is -1.13. The minimum Gasteiger partial charge on any atom is -0.480 e. The Bertz CT molecular complexity index is 526. The summed E-state index contributed by atoms with van der Waals surface area (Å²) in [6.07, 6.45) is 4.68. The maximum atomic E-state index is 12.7. The van der Waals surface area contributed by atoms with Crippen LogP contribution in [0.1, 0.15) is 80.1 Å². The van der Waals surface area contributed by atoms with Crippen LogP contribution >= 0.6 is 0 Å². The molecule has 1 saturated carbocycles. The van der Waals surface area contributed by atoms with Crippen molar-refractivity contribution in [2.24, 2.45) is 5.92 Å². The van der Waals surface area contributed by atoms with Gasteiger partial charge in [-0.15, -0.1) is 0 Å². The lowest BCUT2D eigenvalue weighted by Crippen LogP contribution is -2.51. The van der Waals surface area contributed by atoms with Crippen LogP contribution < -0.4 is 0 Å². The molecule has 1 aliphatic rings. The summed E-state index contributed by atoms with van der Waals surface area (Å²) in [6.45, 7) is 9.82. The lowest BCUT2D eigenvalue weighted by Gasteiger charge is -2.34. The number of nitrogens with zero attached hydrogens (tertiary/aromatic N) is 1. The predicted molar refractivity (Wildman–Crippen MR) is 101 cm³/mol. The highest BCUT2D eigenvalue weighted by Gasteiger charge is 2.37. The van der Waals surface area contributed by atoms with Crippen molar-refractivity contribution in [3.63, 3.8) is 0 Å². The fourth-order valence-electron chi connectivity index (χ4n) is 3.24. The van der Waals surface area contributed by atoms with E-state index in [4.69, 9.17) is 9.47 Å². The zero-order valence-electron chi connectivity index (χ0n) is 17.5. The molecule has 1 N–H and O–H groups in total. The molecule has 0 saturated heterocycles. The Labute approximate surface area is 162 Å². The molecule has 1 aliphatic carbocycles. The van der Waals surface area contributed by atoms with Gasteiger partial charge in [0.15, 0.2) is 0 Å². The molecule has 1 fully saturated rings. The molecule has 7 nitrogen and oxygen atoms in total. The zero-order valence-corrected chi connectivity index (χ0v) is 17.5. The summed E-state index contributed by atoms with van der Waals surface area (Å²) in [4.78, 5) is 37.9. The zero-order chi connectivity index (χ0) is 20.8. The fraction of sp³-hybridized carbons (Fsp3) is 0.850. The lowest BCUT2D eigenvalue weighted by atomic mass is 9.84. The Morgan fingerprint density at radius 3 is 1.93 bits per heavy atom. The van der Waals surface area contributed by atoms with E-state index < -0.39 is 41.8 Å². The smallest absolute Gasteiger partial charge is 0.411 e. The number of carbonyl (C=O) groups excluding carboxylic acids is 2. The van der Waals surface area contributed by atoms with Gasteiger partial charge < -0.3 is 14.6 Å². The van der Waals surface area contributed by atoms with Crippen LogP contribution in [0, 0.1) is 5.92 Å². The molecule has 0 aliphatic heterocycles. The first-order chi connectivity index (χ1) is 12.3. The van der Waals surface area contributed by atoms with Gasteiger partial charge >= 0.3 is 18.0 Å². The molecule has 1 amide bonds. The lowest BCUT2D eigenvalue weighted by molar-refractivity contribution is -0.158. The summed E-state index contributed by atoms with van der Waals surface area (Å²) < 4.78 is 10.7. The summed E-state index contributed by atoms with van der Waals surface area (Å²) in [5.41, 5.74) is -1.52. The van der Waals surface area contributed by atoms with Gasteiger partial charge in [-0.2, -0.15) is 0 Å². The molecule has 7 heteroatoms. The number of hydrogen-bond acceptors (Lipinski definition) is 5. The minimum absolute atomic E-state index is 0.225. The second kappa shape index (κ2) is 9.42. The van der Waals surface area contributed by atoms with E-state index >= 15 is 0 Å². The molecule has 156 valence electrons. The summed E-state index contributed by atoms with van der Waals surface area (Å²) >= 11 is 0. The Morgan fingerprint density at radius 1 is 0.963 bits per heavy atom. The first-order valence-electron chi connectivity index (χ1n) is 9.73. The molecule has 1 rings (SSSR count). The van der Waals surface area contributed by atoms with Crippen molar-refractivity contribution >= 4 is 18.0 Å². The third-order valence-corrected chi connectivity index (χ3v) is 4.29. The van der Waals surface area contributed by atoms with Gasteiger partial charge in [0.2, 0.25) is 0 Å². The number of carbonyl (C=O) groups is 3. The first kappa shape index (κ1) is 23.2. The number of aliphatic carboxylic acids is 1. The van der Waals surface area contributed by atoms with Crippen molar-refractivity contribution < 1.29 is 29.0 Å². The van der Waals surface area contributed by atoms with Gasteiger partial charge in [-0.1, -0.05) is 32.1 Å². The topological polar surface area (TPSA) is 93.1 Å². The van der Waals surface area contributed by atoms with E-state index in [1.807, 2.05) is 0 Å². The average Bonchev–Trinajstić information content (AvgIpc) is 2.48. The van der Waals surface area contributed by atoms with Crippen LogP contribution in [0.3, 0.4) is 0 Å². The van der Waals surface area contributed by atoms with Gasteiger partial charge in [-0.25, -0.2) is 9.59 Å². The van der Waals surface area contributed by atoms with E-state index in [9.17, 15) is 19.5 Å². The number of rotatable bonds is 6. The van der Waals surface area contributed by atoms with Crippen molar-refractivity contribution in [3.05, 3.63) is 0 Å². The summed E-state index contributed by atoms with van der Waals surface area (Å²) in [7, 11) is 0. The highest BCUT2D eigenvalue weighted by atomic mass is 16.6. The van der Waals surface area contributed by atoms with Crippen LogP contribution in [0.4, 0.5) is 4.79 Å². The summed E-state index contributed by atoms with van der Waals surface area (Å²) in [6, 6.07) is -1.12. The van der Waals surface area contributed by atoms with E-state index in [1.54, 1.807) is 41.5 Å². The van der Waals surface area contributed by atoms with Crippen LogP contribution in [-0.2, 0) is 19.1 Å². The first-order valence-corrected chi connectivity index (χ1v) is 9.73. The third kappa shape index (κ3) is 9.11. The Kier molecular flexibility index (Phi) is 8.11. The molecule has 27 heavy (non-hydrogen) atoms. The molecular weight excluding hydrogens is 350 g/mol. The van der Waals surface area contributed by atoms with Crippen LogP contribution in [0.2, 0.25) is 0 Å². The van der Waals surface area contributed by atoms with Gasteiger partial charge in [-0.05, 0) is 53.9 Å². The van der Waals surface area contributed by atoms with E-state index in [0.29, 0.717) is 6.42 Å². The number of hydrogen-bond donors (Lipinski definition) is 1. The monoisotopic (exact) mass is 385 g/mol. The molecule has 0 aromatic rings. The molecule has 0 spiro atoms. The Hall–Kier alpha value is -1.79. The molecule has 0 heterocycles. The summed E-state index contributed by atoms with van der Waals surface area (Å²) in [5, 5.41) is 9.77. The van der Waals surface area contributed by atoms with Gasteiger partial charge in [-0.3, -0.25) is 9.69 Å². The third-order valence-electron chi connectivity index (χ3n) is 4.29. The molecule has 0 unspecified atom stereocenters. The molecule has 0 aromatic carbocycles. The van der Waals surface area contributed by atoms with Crippen molar-refractivity contribution in [1.29, 1.82) is 0 Å². The second-order valence-corrected chi connectivity index (χ2v) is 9.29. The van der Waals surface area contributed by atoms with Gasteiger partial charge in [0.25, 0.3) is 0 Å². The number of esters is 1. The maximum Gasteiger partial charge on any atom is 0.411 e. The molecule has 0 radical (unpaired) electrons. The number of amides is 1. The average molecular weight is 386 g/mol. The quantitative estimate of drug-likeness (QED) is 0.695. The van der Waals surface area contributed by atoms with Crippen LogP contribution in [-0.4, -0.2) is 51.8 Å². The summed E-state index contributed by atoms with van der Waals surface area (Å²) in [5.74, 6) is -1.55. The van der Waals surface area contributed by atoms with Crippen molar-refractivity contribution in [1.82, 2.24) is 4.90 Å². The predicted octanol–water partition coefficient (Wildman–Crippen LogP) is 3.99. The largest absolute Gasteiger partial charge is 0.480 e. The number of carboxylic acid groups (broad SMARTS) is 1. The van der Waals surface area contributed by atoms with Crippen molar-refractivity contribution in [3.8, 4) is 0 Å². The Morgan fingerprint density at radius 2 is 1.48 bits per heavy atom. The maximum absolute atomic E-state index is 12.7. The Balaban J connectivity index is 3.00. The second-order valence-electron chi connectivity index (χ2n) is 9.29. The number of carboxylic acids is 1. The number of ether oxygens (including phenoxy) is 2. The van der Waals surface area contributed by atoms with Crippen LogP contribution in [0.5, 0.6) is 0 Å². The van der Waals surface area contributed by atoms with E-state index in [-0.39, 0.29) is 5.92 Å². The SMILES string of the molecule is CC(C)(C)OC(=O)CN(C(=O)OC(C)(C)C)[C@H](CC1CCCCC1)C(=O)O. The molecule has 1 atom stereocenters. The van der Waals surface area contributed by atoms with E-state index in [1.165, 1.54) is 0 Å².